The minimum absolute atomic E-state index is 0.107. The second kappa shape index (κ2) is 7.80. The van der Waals surface area contributed by atoms with Gasteiger partial charge in [0.1, 0.15) is 0 Å². The second-order valence-corrected chi connectivity index (χ2v) is 5.28. The van der Waals surface area contributed by atoms with E-state index in [1.165, 1.54) is 12.1 Å². The lowest BCUT2D eigenvalue weighted by Gasteiger charge is -2.32. The van der Waals surface area contributed by atoms with Crippen LogP contribution in [0.2, 0.25) is 0 Å². The average molecular weight is 303 g/mol. The summed E-state index contributed by atoms with van der Waals surface area (Å²) in [6, 6.07) is 5.24. The normalized spacial score (nSPS) is 15.2. The molecule has 2 unspecified atom stereocenters. The average Bonchev–Trinajstić information content (AvgIpc) is 2.41. The number of alkyl halides is 3. The molecule has 0 aliphatic carbocycles. The molecule has 0 aromatic heterocycles. The lowest BCUT2D eigenvalue weighted by atomic mass is 9.90. The number of likely N-dealkylation sites (N-methyl/N-ethyl adjacent to an activating group) is 1. The molecule has 21 heavy (non-hydrogen) atoms. The Morgan fingerprint density at radius 1 is 1.14 bits per heavy atom. The Morgan fingerprint density at radius 2 is 1.76 bits per heavy atom. The third-order valence-corrected chi connectivity index (χ3v) is 3.37. The van der Waals surface area contributed by atoms with Crippen LogP contribution in [0, 0.1) is 5.92 Å². The van der Waals surface area contributed by atoms with E-state index < -0.39 is 17.8 Å². The maximum Gasteiger partial charge on any atom is 0.416 e. The quantitative estimate of drug-likeness (QED) is 0.805. The van der Waals surface area contributed by atoms with Crippen molar-refractivity contribution < 1.29 is 17.9 Å². The maximum atomic E-state index is 13.2. The van der Waals surface area contributed by atoms with E-state index in [1.54, 1.807) is 6.07 Å². The maximum absolute atomic E-state index is 13.2. The molecule has 0 amide bonds. The van der Waals surface area contributed by atoms with Crippen molar-refractivity contribution in [2.24, 2.45) is 5.92 Å². The van der Waals surface area contributed by atoms with Crippen LogP contribution in [0.15, 0.2) is 24.3 Å². The highest BCUT2D eigenvalue weighted by Gasteiger charge is 2.37. The van der Waals surface area contributed by atoms with E-state index in [4.69, 9.17) is 4.74 Å². The molecule has 2 atom stereocenters. The zero-order chi connectivity index (χ0) is 16.0. The SMILES string of the molecule is CCNC(c1ccccc1C(F)(F)F)C(OCC)C(C)C. The highest BCUT2D eigenvalue weighted by molar-refractivity contribution is 5.33. The first-order valence-corrected chi connectivity index (χ1v) is 7.34. The van der Waals surface area contributed by atoms with E-state index in [0.717, 1.165) is 6.07 Å². The Labute approximate surface area is 124 Å². The first-order valence-electron chi connectivity index (χ1n) is 7.34. The van der Waals surface area contributed by atoms with Crippen LogP contribution in [0.5, 0.6) is 0 Å². The molecule has 0 fully saturated rings. The molecule has 0 aliphatic rings. The molecule has 5 heteroatoms. The van der Waals surface area contributed by atoms with Gasteiger partial charge in [-0.3, -0.25) is 0 Å². The molecule has 2 nitrogen and oxygen atoms in total. The smallest absolute Gasteiger partial charge is 0.376 e. The highest BCUT2D eigenvalue weighted by Crippen LogP contribution is 2.37. The van der Waals surface area contributed by atoms with Gasteiger partial charge in [0, 0.05) is 6.61 Å². The van der Waals surface area contributed by atoms with Gasteiger partial charge in [-0.05, 0) is 31.0 Å². The molecule has 0 saturated carbocycles. The Kier molecular flexibility index (Phi) is 6.68. The molecule has 0 saturated heterocycles. The van der Waals surface area contributed by atoms with Gasteiger partial charge < -0.3 is 10.1 Å². The fourth-order valence-electron chi connectivity index (χ4n) is 2.52. The zero-order valence-electron chi connectivity index (χ0n) is 13.0. The predicted octanol–water partition coefficient (Wildman–Crippen LogP) is 4.42. The monoisotopic (exact) mass is 303 g/mol. The Balaban J connectivity index is 3.28. The van der Waals surface area contributed by atoms with Crippen molar-refractivity contribution >= 4 is 0 Å². The molecule has 0 aliphatic heterocycles. The number of rotatable bonds is 7. The summed E-state index contributed by atoms with van der Waals surface area (Å²) in [5, 5.41) is 3.15. The fourth-order valence-corrected chi connectivity index (χ4v) is 2.52. The van der Waals surface area contributed by atoms with E-state index >= 15 is 0 Å². The van der Waals surface area contributed by atoms with Crippen molar-refractivity contribution in [1.82, 2.24) is 5.32 Å². The molecular formula is C16H24F3NO. The van der Waals surface area contributed by atoms with Crippen molar-refractivity contribution in [3.8, 4) is 0 Å². The van der Waals surface area contributed by atoms with Gasteiger partial charge in [0.25, 0.3) is 0 Å². The number of halogens is 3. The number of nitrogens with one attached hydrogen (secondary N) is 1. The summed E-state index contributed by atoms with van der Waals surface area (Å²) in [5.74, 6) is 0.107. The third kappa shape index (κ3) is 4.71. The topological polar surface area (TPSA) is 21.3 Å². The van der Waals surface area contributed by atoms with Crippen molar-refractivity contribution in [2.45, 2.75) is 46.0 Å². The first-order chi connectivity index (χ1) is 9.82. The van der Waals surface area contributed by atoms with Crippen LogP contribution in [-0.2, 0) is 10.9 Å². The summed E-state index contributed by atoms with van der Waals surface area (Å²) < 4.78 is 45.4. The van der Waals surface area contributed by atoms with Crippen LogP contribution in [-0.4, -0.2) is 19.3 Å². The van der Waals surface area contributed by atoms with Gasteiger partial charge in [-0.15, -0.1) is 0 Å². The number of hydrogen-bond donors (Lipinski definition) is 1. The van der Waals surface area contributed by atoms with Gasteiger partial charge in [-0.2, -0.15) is 13.2 Å². The second-order valence-electron chi connectivity index (χ2n) is 5.28. The third-order valence-electron chi connectivity index (χ3n) is 3.37. The summed E-state index contributed by atoms with van der Waals surface area (Å²) in [4.78, 5) is 0. The molecule has 1 aromatic rings. The van der Waals surface area contributed by atoms with Crippen molar-refractivity contribution in [3.05, 3.63) is 35.4 Å². The van der Waals surface area contributed by atoms with Crippen molar-refractivity contribution in [1.29, 1.82) is 0 Å². The Bertz CT molecular complexity index is 432. The molecule has 1 N–H and O–H groups in total. The Morgan fingerprint density at radius 3 is 2.24 bits per heavy atom. The van der Waals surface area contributed by atoms with E-state index in [-0.39, 0.29) is 17.6 Å². The van der Waals surface area contributed by atoms with Crippen LogP contribution in [0.3, 0.4) is 0 Å². The first kappa shape index (κ1) is 18.0. The van der Waals surface area contributed by atoms with E-state index in [0.29, 0.717) is 13.2 Å². The standard InChI is InChI=1S/C16H24F3NO/c1-5-20-14(15(11(3)4)21-6-2)12-9-7-8-10-13(12)16(17,18)19/h7-11,14-15,20H,5-6H2,1-4H3. The minimum Gasteiger partial charge on any atom is -0.376 e. The van der Waals surface area contributed by atoms with Crippen LogP contribution in [0.1, 0.15) is 44.9 Å². The molecule has 0 heterocycles. The van der Waals surface area contributed by atoms with Gasteiger partial charge in [0.05, 0.1) is 17.7 Å². The summed E-state index contributed by atoms with van der Waals surface area (Å²) in [6.45, 7) is 8.70. The molecular weight excluding hydrogens is 279 g/mol. The van der Waals surface area contributed by atoms with Gasteiger partial charge in [0.2, 0.25) is 0 Å². The predicted molar refractivity (Wildman–Crippen MR) is 78.1 cm³/mol. The lowest BCUT2D eigenvalue weighted by molar-refractivity contribution is -0.139. The van der Waals surface area contributed by atoms with Gasteiger partial charge in [-0.25, -0.2) is 0 Å². The lowest BCUT2D eigenvalue weighted by Crippen LogP contribution is -2.38. The van der Waals surface area contributed by atoms with Gasteiger partial charge in [-0.1, -0.05) is 39.0 Å². The largest absolute Gasteiger partial charge is 0.416 e. The van der Waals surface area contributed by atoms with Gasteiger partial charge >= 0.3 is 6.18 Å². The molecule has 1 rings (SSSR count). The molecule has 0 radical (unpaired) electrons. The van der Waals surface area contributed by atoms with Crippen LogP contribution < -0.4 is 5.32 Å². The molecule has 0 spiro atoms. The fraction of sp³-hybridized carbons (Fsp3) is 0.625. The number of benzene rings is 1. The van der Waals surface area contributed by atoms with Crippen molar-refractivity contribution in [2.75, 3.05) is 13.2 Å². The van der Waals surface area contributed by atoms with Crippen LogP contribution in [0.25, 0.3) is 0 Å². The minimum atomic E-state index is -4.36. The number of ether oxygens (including phenoxy) is 1. The van der Waals surface area contributed by atoms with Crippen LogP contribution >= 0.6 is 0 Å². The van der Waals surface area contributed by atoms with Gasteiger partial charge in [0.15, 0.2) is 0 Å². The molecule has 1 aromatic carbocycles. The summed E-state index contributed by atoms with van der Waals surface area (Å²) in [5.41, 5.74) is -0.347. The van der Waals surface area contributed by atoms with Crippen molar-refractivity contribution in [3.63, 3.8) is 0 Å². The Hall–Kier alpha value is -1.07. The summed E-state index contributed by atoms with van der Waals surface area (Å²) in [6.07, 6.45) is -4.67. The highest BCUT2D eigenvalue weighted by atomic mass is 19.4. The molecule has 120 valence electrons. The summed E-state index contributed by atoms with van der Waals surface area (Å²) in [7, 11) is 0. The van der Waals surface area contributed by atoms with E-state index in [1.807, 2.05) is 27.7 Å². The van der Waals surface area contributed by atoms with E-state index in [9.17, 15) is 13.2 Å². The van der Waals surface area contributed by atoms with E-state index in [2.05, 4.69) is 5.32 Å². The van der Waals surface area contributed by atoms with Crippen LogP contribution in [0.4, 0.5) is 13.2 Å². The number of hydrogen-bond acceptors (Lipinski definition) is 2. The molecule has 0 bridgehead atoms. The zero-order valence-corrected chi connectivity index (χ0v) is 13.0. The summed E-state index contributed by atoms with van der Waals surface area (Å²) >= 11 is 0.